The maximum Gasteiger partial charge on any atom is 0.335 e. The van der Waals surface area contributed by atoms with Crippen molar-refractivity contribution in [1.29, 1.82) is 0 Å². The van der Waals surface area contributed by atoms with Crippen molar-refractivity contribution in [2.24, 2.45) is 5.92 Å². The van der Waals surface area contributed by atoms with Crippen LogP contribution >= 0.6 is 11.6 Å². The van der Waals surface area contributed by atoms with Crippen LogP contribution in [0.25, 0.3) is 0 Å². The van der Waals surface area contributed by atoms with Crippen molar-refractivity contribution in [2.45, 2.75) is 6.42 Å². The largest absolute Gasteiger partial charge is 0.506 e. The third-order valence-corrected chi connectivity index (χ3v) is 3.37. The summed E-state index contributed by atoms with van der Waals surface area (Å²) in [5.41, 5.74) is 0.262. The van der Waals surface area contributed by atoms with Crippen molar-refractivity contribution < 1.29 is 19.8 Å². The molecule has 1 amide bonds. The first-order chi connectivity index (χ1) is 8.52. The molecule has 1 fully saturated rings. The Kier molecular flexibility index (Phi) is 3.43. The van der Waals surface area contributed by atoms with E-state index in [0.717, 1.165) is 0 Å². The number of nitrogens with zero attached hydrogens (tertiary/aromatic N) is 1. The second-order valence-electron chi connectivity index (χ2n) is 4.24. The number of hydrogen-bond donors (Lipinski definition) is 2. The van der Waals surface area contributed by atoms with E-state index in [0.29, 0.717) is 18.8 Å². The predicted molar refractivity (Wildman–Crippen MR) is 66.2 cm³/mol. The molecule has 1 aromatic carbocycles. The lowest BCUT2D eigenvalue weighted by Crippen LogP contribution is -2.25. The highest BCUT2D eigenvalue weighted by atomic mass is 35.5. The van der Waals surface area contributed by atoms with E-state index in [1.807, 2.05) is 0 Å². The molecule has 0 saturated carbocycles. The van der Waals surface area contributed by atoms with Gasteiger partial charge in [-0.15, -0.1) is 11.6 Å². The zero-order valence-electron chi connectivity index (χ0n) is 9.47. The van der Waals surface area contributed by atoms with Crippen LogP contribution in [-0.4, -0.2) is 34.5 Å². The molecule has 2 rings (SSSR count). The van der Waals surface area contributed by atoms with Crippen LogP contribution in [0.1, 0.15) is 16.8 Å². The summed E-state index contributed by atoms with van der Waals surface area (Å²) in [6.07, 6.45) is 0.320. The molecule has 0 aliphatic carbocycles. The maximum atomic E-state index is 11.8. The molecule has 0 spiro atoms. The Balaban J connectivity index is 2.35. The summed E-state index contributed by atoms with van der Waals surface area (Å²) in [6, 6.07) is 3.87. The Morgan fingerprint density at radius 2 is 2.22 bits per heavy atom. The third kappa shape index (κ3) is 2.26. The van der Waals surface area contributed by atoms with Crippen LogP contribution in [0.15, 0.2) is 18.2 Å². The highest BCUT2D eigenvalue weighted by Gasteiger charge is 2.31. The van der Waals surface area contributed by atoms with Crippen molar-refractivity contribution in [3.8, 4) is 5.75 Å². The zero-order chi connectivity index (χ0) is 13.3. The van der Waals surface area contributed by atoms with Crippen molar-refractivity contribution in [2.75, 3.05) is 17.3 Å². The molecule has 1 unspecified atom stereocenters. The molecule has 5 nitrogen and oxygen atoms in total. The average Bonchev–Trinajstić information content (AvgIpc) is 2.71. The number of alkyl halides is 1. The molecule has 1 aliphatic heterocycles. The third-order valence-electron chi connectivity index (χ3n) is 2.94. The van der Waals surface area contributed by atoms with Gasteiger partial charge < -0.3 is 15.1 Å². The SMILES string of the molecule is O=C(O)c1ccc(O)c(N2CC(CCl)CC2=O)c1. The number of carbonyl (C=O) groups excluding carboxylic acids is 1. The Labute approximate surface area is 109 Å². The number of benzene rings is 1. The molecule has 1 aliphatic rings. The molecule has 2 N–H and O–H groups in total. The summed E-state index contributed by atoms with van der Waals surface area (Å²) in [5, 5.41) is 18.6. The van der Waals surface area contributed by atoms with E-state index in [4.69, 9.17) is 16.7 Å². The van der Waals surface area contributed by atoms with Crippen LogP contribution in [0.3, 0.4) is 0 Å². The quantitative estimate of drug-likeness (QED) is 0.819. The second kappa shape index (κ2) is 4.86. The Morgan fingerprint density at radius 1 is 1.50 bits per heavy atom. The molecular formula is C12H12ClNO4. The maximum absolute atomic E-state index is 11.8. The summed E-state index contributed by atoms with van der Waals surface area (Å²) < 4.78 is 0. The fourth-order valence-corrected chi connectivity index (χ4v) is 2.20. The van der Waals surface area contributed by atoms with Gasteiger partial charge >= 0.3 is 5.97 Å². The van der Waals surface area contributed by atoms with Gasteiger partial charge in [0.25, 0.3) is 0 Å². The number of carboxylic acid groups (broad SMARTS) is 1. The molecule has 6 heteroatoms. The predicted octanol–water partition coefficient (Wildman–Crippen LogP) is 1.68. The Bertz CT molecular complexity index is 503. The van der Waals surface area contributed by atoms with Crippen molar-refractivity contribution in [3.05, 3.63) is 23.8 Å². The van der Waals surface area contributed by atoms with Gasteiger partial charge in [0.1, 0.15) is 5.75 Å². The summed E-state index contributed by atoms with van der Waals surface area (Å²) in [6.45, 7) is 0.402. The van der Waals surface area contributed by atoms with E-state index in [1.165, 1.54) is 23.1 Å². The van der Waals surface area contributed by atoms with Gasteiger partial charge in [0.05, 0.1) is 11.3 Å². The molecular weight excluding hydrogens is 258 g/mol. The molecule has 0 aromatic heterocycles. The smallest absolute Gasteiger partial charge is 0.335 e. The summed E-state index contributed by atoms with van der Waals surface area (Å²) in [7, 11) is 0. The number of amides is 1. The van der Waals surface area contributed by atoms with E-state index in [-0.39, 0.29) is 28.8 Å². The number of aromatic carboxylic acids is 1. The Hall–Kier alpha value is -1.75. The van der Waals surface area contributed by atoms with Gasteiger partial charge in [0, 0.05) is 18.8 Å². The zero-order valence-corrected chi connectivity index (χ0v) is 10.2. The second-order valence-corrected chi connectivity index (χ2v) is 4.55. The summed E-state index contributed by atoms with van der Waals surface area (Å²) >= 11 is 5.71. The summed E-state index contributed by atoms with van der Waals surface area (Å²) in [4.78, 5) is 24.0. The van der Waals surface area contributed by atoms with Crippen molar-refractivity contribution in [1.82, 2.24) is 0 Å². The van der Waals surface area contributed by atoms with E-state index in [2.05, 4.69) is 0 Å². The highest BCUT2D eigenvalue weighted by Crippen LogP contribution is 2.33. The number of aromatic hydroxyl groups is 1. The van der Waals surface area contributed by atoms with Crippen LogP contribution < -0.4 is 4.90 Å². The van der Waals surface area contributed by atoms with Crippen LogP contribution in [0.2, 0.25) is 0 Å². The lowest BCUT2D eigenvalue weighted by molar-refractivity contribution is -0.117. The molecule has 18 heavy (non-hydrogen) atoms. The first-order valence-electron chi connectivity index (χ1n) is 5.45. The molecule has 0 radical (unpaired) electrons. The number of phenolic OH excluding ortho intramolecular Hbond substituents is 1. The first-order valence-corrected chi connectivity index (χ1v) is 5.99. The molecule has 1 saturated heterocycles. The van der Waals surface area contributed by atoms with Gasteiger partial charge in [-0.2, -0.15) is 0 Å². The lowest BCUT2D eigenvalue weighted by atomic mass is 10.1. The normalized spacial score (nSPS) is 19.3. The van der Waals surface area contributed by atoms with Crippen molar-refractivity contribution in [3.63, 3.8) is 0 Å². The van der Waals surface area contributed by atoms with Crippen LogP contribution in [0.5, 0.6) is 5.75 Å². The van der Waals surface area contributed by atoms with Gasteiger partial charge in [-0.1, -0.05) is 0 Å². The fourth-order valence-electron chi connectivity index (χ4n) is 1.99. The van der Waals surface area contributed by atoms with Gasteiger partial charge in [0.15, 0.2) is 0 Å². The van der Waals surface area contributed by atoms with Crippen LogP contribution in [-0.2, 0) is 4.79 Å². The van der Waals surface area contributed by atoms with Crippen LogP contribution in [0.4, 0.5) is 5.69 Å². The van der Waals surface area contributed by atoms with E-state index in [1.54, 1.807) is 0 Å². The number of hydrogen-bond acceptors (Lipinski definition) is 3. The number of carboxylic acids is 1. The summed E-state index contributed by atoms with van der Waals surface area (Å²) in [5.74, 6) is -0.965. The standard InChI is InChI=1S/C12H12ClNO4/c13-5-7-3-11(16)14(6-7)9-4-8(12(17)18)1-2-10(9)15/h1-2,4,7,15H,3,5-6H2,(H,17,18). The van der Waals surface area contributed by atoms with E-state index < -0.39 is 5.97 Å². The fraction of sp³-hybridized carbons (Fsp3) is 0.333. The Morgan fingerprint density at radius 3 is 2.78 bits per heavy atom. The van der Waals surface area contributed by atoms with Crippen LogP contribution in [0, 0.1) is 5.92 Å². The topological polar surface area (TPSA) is 77.8 Å². The number of anilines is 1. The number of carbonyl (C=O) groups is 2. The minimum atomic E-state index is -1.10. The van der Waals surface area contributed by atoms with Gasteiger partial charge in [-0.05, 0) is 24.1 Å². The molecule has 1 atom stereocenters. The highest BCUT2D eigenvalue weighted by molar-refractivity contribution is 6.18. The minimum Gasteiger partial charge on any atom is -0.506 e. The molecule has 1 heterocycles. The van der Waals surface area contributed by atoms with E-state index in [9.17, 15) is 14.7 Å². The average molecular weight is 270 g/mol. The van der Waals surface area contributed by atoms with Gasteiger partial charge in [0.2, 0.25) is 5.91 Å². The van der Waals surface area contributed by atoms with Gasteiger partial charge in [-0.3, -0.25) is 4.79 Å². The van der Waals surface area contributed by atoms with Crippen molar-refractivity contribution >= 4 is 29.2 Å². The number of rotatable bonds is 3. The lowest BCUT2D eigenvalue weighted by Gasteiger charge is -2.18. The molecule has 0 bridgehead atoms. The molecule has 1 aromatic rings. The molecule has 96 valence electrons. The van der Waals surface area contributed by atoms with E-state index >= 15 is 0 Å². The minimum absolute atomic E-state index is 0.0323. The monoisotopic (exact) mass is 269 g/mol. The number of halogens is 1. The first kappa shape index (κ1) is 12.7. The van der Waals surface area contributed by atoms with Gasteiger partial charge in [-0.25, -0.2) is 4.79 Å². The number of phenols is 1.